The molecule has 0 aliphatic heterocycles. The van der Waals surface area contributed by atoms with Gasteiger partial charge in [0, 0.05) is 4.70 Å². The van der Waals surface area contributed by atoms with Crippen LogP contribution in [0.4, 0.5) is 0 Å². The Labute approximate surface area is 137 Å². The molecular weight excluding hydrogens is 284 g/mol. The van der Waals surface area contributed by atoms with E-state index >= 15 is 0 Å². The van der Waals surface area contributed by atoms with Gasteiger partial charge in [0.15, 0.2) is 0 Å². The van der Waals surface area contributed by atoms with Crippen molar-refractivity contribution in [1.29, 1.82) is 0 Å². The molecule has 3 aromatic rings. The van der Waals surface area contributed by atoms with E-state index < -0.39 is 0 Å². The molecule has 0 unspecified atom stereocenters. The van der Waals surface area contributed by atoms with Crippen LogP contribution in [0.2, 0.25) is 0 Å². The number of hydrogen-bond donors (Lipinski definition) is 0. The van der Waals surface area contributed by atoms with Crippen LogP contribution in [0.25, 0.3) is 21.2 Å². The fourth-order valence-electron chi connectivity index (χ4n) is 2.93. The molecule has 0 saturated heterocycles. The van der Waals surface area contributed by atoms with Crippen molar-refractivity contribution in [3.05, 3.63) is 59.5 Å². The standard InChI is InChI=1S/C21H24S/c1-2-3-4-5-6-7-17-8-10-18(11-9-17)20-13-12-19-14-15-22-21(19)16-20/h8-16H,2-7H2,1H3. The number of fused-ring (bicyclic) bond motifs is 1. The van der Waals surface area contributed by atoms with Gasteiger partial charge in [0.2, 0.25) is 0 Å². The maximum atomic E-state index is 2.31. The van der Waals surface area contributed by atoms with Crippen LogP contribution in [-0.4, -0.2) is 0 Å². The van der Waals surface area contributed by atoms with Crippen LogP contribution in [0.1, 0.15) is 44.6 Å². The van der Waals surface area contributed by atoms with Gasteiger partial charge in [0.1, 0.15) is 0 Å². The van der Waals surface area contributed by atoms with E-state index in [0.29, 0.717) is 0 Å². The summed E-state index contributed by atoms with van der Waals surface area (Å²) in [6.45, 7) is 2.27. The zero-order valence-electron chi connectivity index (χ0n) is 13.3. The lowest BCUT2D eigenvalue weighted by atomic mass is 10.0. The molecule has 0 spiro atoms. The molecule has 0 aliphatic rings. The monoisotopic (exact) mass is 308 g/mol. The number of thiophene rings is 1. The van der Waals surface area contributed by atoms with Crippen LogP contribution >= 0.6 is 11.3 Å². The average molecular weight is 308 g/mol. The van der Waals surface area contributed by atoms with E-state index in [-0.39, 0.29) is 0 Å². The molecule has 0 amide bonds. The third-order valence-electron chi connectivity index (χ3n) is 4.31. The molecular formula is C21H24S. The minimum Gasteiger partial charge on any atom is -0.144 e. The van der Waals surface area contributed by atoms with Crippen LogP contribution in [0.5, 0.6) is 0 Å². The highest BCUT2D eigenvalue weighted by atomic mass is 32.1. The van der Waals surface area contributed by atoms with Crippen molar-refractivity contribution >= 4 is 21.4 Å². The molecule has 0 atom stereocenters. The summed E-state index contributed by atoms with van der Waals surface area (Å²) in [6, 6.07) is 18.1. The van der Waals surface area contributed by atoms with Crippen molar-refractivity contribution < 1.29 is 0 Å². The number of hydrogen-bond acceptors (Lipinski definition) is 1. The van der Waals surface area contributed by atoms with Crippen LogP contribution < -0.4 is 0 Å². The minimum absolute atomic E-state index is 1.22. The molecule has 0 fully saturated rings. The highest BCUT2D eigenvalue weighted by Gasteiger charge is 2.01. The van der Waals surface area contributed by atoms with Crippen LogP contribution in [0.3, 0.4) is 0 Å². The van der Waals surface area contributed by atoms with Crippen molar-refractivity contribution in [2.45, 2.75) is 45.4 Å². The number of aryl methyl sites for hydroxylation is 1. The fourth-order valence-corrected chi connectivity index (χ4v) is 3.76. The first-order valence-corrected chi connectivity index (χ1v) is 9.31. The van der Waals surface area contributed by atoms with Gasteiger partial charge < -0.3 is 0 Å². The number of unbranched alkanes of at least 4 members (excludes halogenated alkanes) is 4. The smallest absolute Gasteiger partial charge is 0.0348 e. The second kappa shape index (κ2) is 7.60. The lowest BCUT2D eigenvalue weighted by Crippen LogP contribution is -1.86. The third kappa shape index (κ3) is 3.78. The maximum absolute atomic E-state index is 2.31. The van der Waals surface area contributed by atoms with E-state index in [1.807, 2.05) is 11.3 Å². The molecule has 1 heterocycles. The van der Waals surface area contributed by atoms with Gasteiger partial charge in [-0.2, -0.15) is 0 Å². The Morgan fingerprint density at radius 2 is 1.55 bits per heavy atom. The lowest BCUT2D eigenvalue weighted by molar-refractivity contribution is 0.632. The first-order valence-electron chi connectivity index (χ1n) is 8.43. The molecule has 0 nitrogen and oxygen atoms in total. The van der Waals surface area contributed by atoms with Crippen molar-refractivity contribution in [2.24, 2.45) is 0 Å². The fraction of sp³-hybridized carbons (Fsp3) is 0.333. The molecule has 114 valence electrons. The zero-order chi connectivity index (χ0) is 15.2. The highest BCUT2D eigenvalue weighted by Crippen LogP contribution is 2.28. The van der Waals surface area contributed by atoms with Gasteiger partial charge in [-0.25, -0.2) is 0 Å². The number of benzene rings is 2. The quantitative estimate of drug-likeness (QED) is 0.409. The van der Waals surface area contributed by atoms with Crippen molar-refractivity contribution in [3.8, 4) is 11.1 Å². The van der Waals surface area contributed by atoms with E-state index in [4.69, 9.17) is 0 Å². The predicted octanol–water partition coefficient (Wildman–Crippen LogP) is 7.08. The second-order valence-electron chi connectivity index (χ2n) is 6.03. The molecule has 22 heavy (non-hydrogen) atoms. The number of rotatable bonds is 7. The summed E-state index contributed by atoms with van der Waals surface area (Å²) in [5, 5.41) is 3.51. The van der Waals surface area contributed by atoms with Crippen LogP contribution in [-0.2, 0) is 6.42 Å². The Bertz CT molecular complexity index is 706. The van der Waals surface area contributed by atoms with E-state index in [1.165, 1.54) is 65.3 Å². The summed E-state index contributed by atoms with van der Waals surface area (Å²) in [5.41, 5.74) is 4.12. The molecule has 1 aromatic heterocycles. The molecule has 0 bridgehead atoms. The van der Waals surface area contributed by atoms with Gasteiger partial charge in [0.25, 0.3) is 0 Å². The Morgan fingerprint density at radius 3 is 2.36 bits per heavy atom. The largest absolute Gasteiger partial charge is 0.144 e. The molecule has 0 radical (unpaired) electrons. The van der Waals surface area contributed by atoms with E-state index in [9.17, 15) is 0 Å². The Kier molecular flexibility index (Phi) is 5.29. The zero-order valence-corrected chi connectivity index (χ0v) is 14.2. The molecule has 0 saturated carbocycles. The first kappa shape index (κ1) is 15.3. The maximum Gasteiger partial charge on any atom is 0.0348 e. The van der Waals surface area contributed by atoms with E-state index in [0.717, 1.165) is 0 Å². The summed E-state index contributed by atoms with van der Waals surface area (Å²) in [5.74, 6) is 0. The summed E-state index contributed by atoms with van der Waals surface area (Å²) in [7, 11) is 0. The van der Waals surface area contributed by atoms with Gasteiger partial charge in [-0.15, -0.1) is 11.3 Å². The van der Waals surface area contributed by atoms with Crippen molar-refractivity contribution in [3.63, 3.8) is 0 Å². The van der Waals surface area contributed by atoms with E-state index in [1.54, 1.807) is 0 Å². The van der Waals surface area contributed by atoms with Gasteiger partial charge in [-0.3, -0.25) is 0 Å². The lowest BCUT2D eigenvalue weighted by Gasteiger charge is -2.05. The summed E-state index contributed by atoms with van der Waals surface area (Å²) in [6.07, 6.45) is 7.99. The predicted molar refractivity (Wildman–Crippen MR) is 99.7 cm³/mol. The first-order chi connectivity index (χ1) is 10.9. The molecule has 0 aliphatic carbocycles. The molecule has 3 rings (SSSR count). The van der Waals surface area contributed by atoms with Crippen molar-refractivity contribution in [1.82, 2.24) is 0 Å². The van der Waals surface area contributed by atoms with Crippen molar-refractivity contribution in [2.75, 3.05) is 0 Å². The van der Waals surface area contributed by atoms with Gasteiger partial charge in [-0.05, 0) is 52.4 Å². The molecule has 1 heteroatoms. The van der Waals surface area contributed by atoms with Gasteiger partial charge in [0.05, 0.1) is 0 Å². The van der Waals surface area contributed by atoms with Crippen LogP contribution in [0.15, 0.2) is 53.9 Å². The molecule has 0 N–H and O–H groups in total. The van der Waals surface area contributed by atoms with Crippen LogP contribution in [0, 0.1) is 0 Å². The minimum atomic E-state index is 1.22. The summed E-state index contributed by atoms with van der Waals surface area (Å²) < 4.78 is 1.37. The Hall–Kier alpha value is -1.60. The summed E-state index contributed by atoms with van der Waals surface area (Å²) in [4.78, 5) is 0. The molecule has 2 aromatic carbocycles. The average Bonchev–Trinajstić information content (AvgIpc) is 3.03. The second-order valence-corrected chi connectivity index (χ2v) is 6.98. The van der Waals surface area contributed by atoms with Gasteiger partial charge >= 0.3 is 0 Å². The highest BCUT2D eigenvalue weighted by molar-refractivity contribution is 7.17. The SMILES string of the molecule is CCCCCCCc1ccc(-c2ccc3ccsc3c2)cc1. The third-order valence-corrected chi connectivity index (χ3v) is 5.19. The van der Waals surface area contributed by atoms with Gasteiger partial charge in [-0.1, -0.05) is 69.0 Å². The topological polar surface area (TPSA) is 0 Å². The normalized spacial score (nSPS) is 11.1. The Balaban J connectivity index is 1.63. The summed E-state index contributed by atoms with van der Waals surface area (Å²) >= 11 is 1.82. The Morgan fingerprint density at radius 1 is 0.773 bits per heavy atom. The van der Waals surface area contributed by atoms with E-state index in [2.05, 4.69) is 60.8 Å².